The fraction of sp³-hybridized carbons (Fsp3) is 0.588. The molecule has 1 aliphatic heterocycles. The number of hydrogen-bond acceptors (Lipinski definition) is 3. The van der Waals surface area contributed by atoms with E-state index in [-0.39, 0.29) is 23.8 Å². The number of para-hydroxylation sites is 1. The Kier molecular flexibility index (Phi) is 5.23. The second-order valence-electron chi connectivity index (χ2n) is 6.02. The van der Waals surface area contributed by atoms with Gasteiger partial charge in [-0.3, -0.25) is 4.79 Å². The highest BCUT2D eigenvalue weighted by Gasteiger charge is 2.29. The van der Waals surface area contributed by atoms with E-state index in [2.05, 4.69) is 36.6 Å². The molecule has 0 aliphatic carbocycles. The first kappa shape index (κ1) is 15.8. The Morgan fingerprint density at radius 1 is 1.38 bits per heavy atom. The quantitative estimate of drug-likeness (QED) is 0.752. The zero-order valence-corrected chi connectivity index (χ0v) is 13.0. The first-order valence-electron chi connectivity index (χ1n) is 7.84. The molecule has 3 N–H and O–H groups in total. The van der Waals surface area contributed by atoms with Gasteiger partial charge in [0.1, 0.15) is 0 Å². The van der Waals surface area contributed by atoms with Gasteiger partial charge in [-0.2, -0.15) is 0 Å². The Balaban J connectivity index is 1.93. The number of nitrogens with one attached hydrogen (secondary N) is 2. The zero-order chi connectivity index (χ0) is 15.3. The van der Waals surface area contributed by atoms with Gasteiger partial charge in [-0.05, 0) is 30.9 Å². The van der Waals surface area contributed by atoms with Gasteiger partial charge >= 0.3 is 0 Å². The second kappa shape index (κ2) is 6.94. The van der Waals surface area contributed by atoms with Crippen LogP contribution in [0.15, 0.2) is 24.3 Å². The van der Waals surface area contributed by atoms with Crippen molar-refractivity contribution in [1.82, 2.24) is 5.32 Å². The average molecular weight is 290 g/mol. The zero-order valence-electron chi connectivity index (χ0n) is 13.0. The number of carbonyl (C=O) groups is 1. The largest absolute Gasteiger partial charge is 0.396 e. The van der Waals surface area contributed by atoms with E-state index in [1.54, 1.807) is 0 Å². The summed E-state index contributed by atoms with van der Waals surface area (Å²) in [4.78, 5) is 12.4. The number of aliphatic hydroxyl groups excluding tert-OH is 1. The fourth-order valence-corrected chi connectivity index (χ4v) is 2.83. The highest BCUT2D eigenvalue weighted by atomic mass is 16.3. The van der Waals surface area contributed by atoms with Crippen molar-refractivity contribution in [3.8, 4) is 0 Å². The van der Waals surface area contributed by atoms with E-state index >= 15 is 0 Å². The Labute approximate surface area is 126 Å². The number of benzene rings is 1. The van der Waals surface area contributed by atoms with Gasteiger partial charge in [-0.25, -0.2) is 0 Å². The lowest BCUT2D eigenvalue weighted by Gasteiger charge is -2.31. The Bertz CT molecular complexity index is 475. The Morgan fingerprint density at radius 3 is 2.76 bits per heavy atom. The molecule has 116 valence electrons. The van der Waals surface area contributed by atoms with Crippen LogP contribution in [0.1, 0.15) is 32.3 Å². The Morgan fingerprint density at radius 2 is 2.10 bits per heavy atom. The molecule has 0 spiro atoms. The summed E-state index contributed by atoms with van der Waals surface area (Å²) >= 11 is 0. The molecule has 21 heavy (non-hydrogen) atoms. The molecule has 1 aliphatic rings. The summed E-state index contributed by atoms with van der Waals surface area (Å²) in [7, 11) is 0. The molecule has 0 saturated heterocycles. The molecule has 0 bridgehead atoms. The van der Waals surface area contributed by atoms with Crippen LogP contribution in [0.4, 0.5) is 5.69 Å². The molecular formula is C17H26N2O2. The molecular weight excluding hydrogens is 264 g/mol. The molecule has 0 saturated carbocycles. The van der Waals surface area contributed by atoms with Gasteiger partial charge in [-0.1, -0.05) is 32.0 Å². The van der Waals surface area contributed by atoms with Crippen molar-refractivity contribution in [2.45, 2.75) is 33.1 Å². The normalized spacial score (nSPS) is 17.8. The van der Waals surface area contributed by atoms with E-state index in [0.29, 0.717) is 13.1 Å². The third-order valence-electron chi connectivity index (χ3n) is 4.87. The molecule has 2 rings (SSSR count). The molecule has 1 unspecified atom stereocenters. The number of anilines is 1. The first-order chi connectivity index (χ1) is 10.1. The molecule has 4 heteroatoms. The molecule has 1 atom stereocenters. The highest BCUT2D eigenvalue weighted by Crippen LogP contribution is 2.26. The van der Waals surface area contributed by atoms with Gasteiger partial charge in [-0.15, -0.1) is 0 Å². The molecule has 1 heterocycles. The summed E-state index contributed by atoms with van der Waals surface area (Å²) in [5, 5.41) is 15.9. The van der Waals surface area contributed by atoms with Gasteiger partial charge in [0.15, 0.2) is 0 Å². The highest BCUT2D eigenvalue weighted by molar-refractivity contribution is 5.80. The first-order valence-corrected chi connectivity index (χ1v) is 7.84. The van der Waals surface area contributed by atoms with Crippen molar-refractivity contribution < 1.29 is 9.90 Å². The lowest BCUT2D eigenvalue weighted by Crippen LogP contribution is -2.44. The van der Waals surface area contributed by atoms with E-state index < -0.39 is 0 Å². The van der Waals surface area contributed by atoms with Gasteiger partial charge in [0.05, 0.1) is 12.5 Å². The van der Waals surface area contributed by atoms with Crippen LogP contribution in [0.3, 0.4) is 0 Å². The summed E-state index contributed by atoms with van der Waals surface area (Å²) in [5.41, 5.74) is 2.15. The smallest absolute Gasteiger partial charge is 0.225 e. The van der Waals surface area contributed by atoms with E-state index in [4.69, 9.17) is 0 Å². The van der Waals surface area contributed by atoms with E-state index in [9.17, 15) is 9.90 Å². The molecule has 4 nitrogen and oxygen atoms in total. The minimum absolute atomic E-state index is 0.0370. The molecule has 1 aromatic rings. The molecule has 0 radical (unpaired) electrons. The molecule has 0 aromatic heterocycles. The minimum atomic E-state index is -0.185. The lowest BCUT2D eigenvalue weighted by atomic mass is 9.83. The van der Waals surface area contributed by atoms with Gasteiger partial charge < -0.3 is 15.7 Å². The number of carbonyl (C=O) groups excluding carboxylic acids is 1. The Hall–Kier alpha value is -1.55. The second-order valence-corrected chi connectivity index (χ2v) is 6.02. The summed E-state index contributed by atoms with van der Waals surface area (Å²) in [6.07, 6.45) is 2.51. The number of hydrogen-bond donors (Lipinski definition) is 3. The fourth-order valence-electron chi connectivity index (χ4n) is 2.83. The van der Waals surface area contributed by atoms with Gasteiger partial charge in [0, 0.05) is 24.2 Å². The van der Waals surface area contributed by atoms with Crippen molar-refractivity contribution in [2.75, 3.05) is 25.0 Å². The predicted molar refractivity (Wildman–Crippen MR) is 85.2 cm³/mol. The standard InChI is InChI=1S/C17H26N2O2/c1-3-17(4-2,12-20)11-19-16(21)14-9-13-7-5-6-8-15(13)18-10-14/h5-8,14,18,20H,3-4,9-12H2,1-2H3,(H,19,21). The van der Waals surface area contributed by atoms with Crippen LogP contribution in [0, 0.1) is 11.3 Å². The summed E-state index contributed by atoms with van der Waals surface area (Å²) in [5.74, 6) is 0.0433. The monoisotopic (exact) mass is 290 g/mol. The molecule has 0 fully saturated rings. The molecule has 1 aromatic carbocycles. The van der Waals surface area contributed by atoms with Crippen LogP contribution in [0.5, 0.6) is 0 Å². The summed E-state index contributed by atoms with van der Waals surface area (Å²) in [6, 6.07) is 8.13. The topological polar surface area (TPSA) is 61.4 Å². The van der Waals surface area contributed by atoms with E-state index in [1.807, 2.05) is 12.1 Å². The van der Waals surface area contributed by atoms with Gasteiger partial charge in [0.2, 0.25) is 5.91 Å². The van der Waals surface area contributed by atoms with E-state index in [0.717, 1.165) is 24.9 Å². The van der Waals surface area contributed by atoms with Crippen LogP contribution in [0.2, 0.25) is 0 Å². The number of amides is 1. The van der Waals surface area contributed by atoms with Crippen molar-refractivity contribution in [3.63, 3.8) is 0 Å². The number of aliphatic hydroxyl groups is 1. The average Bonchev–Trinajstić information content (AvgIpc) is 2.56. The van der Waals surface area contributed by atoms with Crippen molar-refractivity contribution in [3.05, 3.63) is 29.8 Å². The van der Waals surface area contributed by atoms with Crippen LogP contribution >= 0.6 is 0 Å². The lowest BCUT2D eigenvalue weighted by molar-refractivity contribution is -0.125. The van der Waals surface area contributed by atoms with Crippen molar-refractivity contribution in [1.29, 1.82) is 0 Å². The maximum Gasteiger partial charge on any atom is 0.225 e. The predicted octanol–water partition coefficient (Wildman–Crippen LogP) is 2.19. The van der Waals surface area contributed by atoms with Crippen LogP contribution in [0.25, 0.3) is 0 Å². The van der Waals surface area contributed by atoms with E-state index in [1.165, 1.54) is 5.56 Å². The molecule has 1 amide bonds. The van der Waals surface area contributed by atoms with Crippen LogP contribution < -0.4 is 10.6 Å². The van der Waals surface area contributed by atoms with Crippen LogP contribution in [-0.2, 0) is 11.2 Å². The van der Waals surface area contributed by atoms with Crippen LogP contribution in [-0.4, -0.2) is 30.7 Å². The van der Waals surface area contributed by atoms with Crippen molar-refractivity contribution in [2.24, 2.45) is 11.3 Å². The maximum absolute atomic E-state index is 12.4. The number of fused-ring (bicyclic) bond motifs is 1. The third kappa shape index (κ3) is 3.56. The SMILES string of the molecule is CCC(CC)(CO)CNC(=O)C1CNc2ccccc2C1. The van der Waals surface area contributed by atoms with Gasteiger partial charge in [0.25, 0.3) is 0 Å². The third-order valence-corrected chi connectivity index (χ3v) is 4.87. The number of rotatable bonds is 6. The van der Waals surface area contributed by atoms with Crippen molar-refractivity contribution >= 4 is 11.6 Å². The summed E-state index contributed by atoms with van der Waals surface area (Å²) in [6.45, 7) is 5.46. The minimum Gasteiger partial charge on any atom is -0.396 e. The summed E-state index contributed by atoms with van der Waals surface area (Å²) < 4.78 is 0. The maximum atomic E-state index is 12.4.